The second-order valence-corrected chi connectivity index (χ2v) is 7.37. The van der Waals surface area contributed by atoms with Gasteiger partial charge in [0, 0.05) is 12.3 Å². The monoisotopic (exact) mass is 324 g/mol. The number of esters is 1. The van der Waals surface area contributed by atoms with Gasteiger partial charge in [-0.1, -0.05) is 19.1 Å². The first-order valence-corrected chi connectivity index (χ1v) is 8.80. The zero-order valence-corrected chi connectivity index (χ0v) is 14.6. The van der Waals surface area contributed by atoms with E-state index in [-0.39, 0.29) is 17.5 Å². The summed E-state index contributed by atoms with van der Waals surface area (Å²) in [7, 11) is 1.72. The SMILES string of the molecule is COc1ccc2c(c1)CC1=C2CC[C@@]2(C)C1=CCC[C@@H]2OC(C)=O. The smallest absolute Gasteiger partial charge is 0.302 e. The van der Waals surface area contributed by atoms with Crippen LogP contribution in [0.1, 0.15) is 50.7 Å². The highest BCUT2D eigenvalue weighted by atomic mass is 16.5. The number of methoxy groups -OCH3 is 1. The van der Waals surface area contributed by atoms with Gasteiger partial charge in [0.2, 0.25) is 0 Å². The van der Waals surface area contributed by atoms with Gasteiger partial charge in [0.25, 0.3) is 0 Å². The van der Waals surface area contributed by atoms with E-state index < -0.39 is 0 Å². The molecule has 3 nitrogen and oxygen atoms in total. The molecule has 0 aromatic heterocycles. The first-order valence-electron chi connectivity index (χ1n) is 8.80. The molecule has 3 aliphatic rings. The third kappa shape index (κ3) is 2.21. The Labute approximate surface area is 143 Å². The van der Waals surface area contributed by atoms with E-state index in [4.69, 9.17) is 9.47 Å². The average Bonchev–Trinajstić information content (AvgIpc) is 2.92. The first-order chi connectivity index (χ1) is 11.5. The van der Waals surface area contributed by atoms with E-state index in [2.05, 4.69) is 31.2 Å². The molecule has 126 valence electrons. The van der Waals surface area contributed by atoms with Crippen molar-refractivity contribution in [2.24, 2.45) is 5.41 Å². The Morgan fingerprint density at radius 2 is 2.12 bits per heavy atom. The fourth-order valence-electron chi connectivity index (χ4n) is 4.78. The minimum absolute atomic E-state index is 0.00213. The predicted molar refractivity (Wildman–Crippen MR) is 93.8 cm³/mol. The van der Waals surface area contributed by atoms with E-state index in [9.17, 15) is 4.79 Å². The molecule has 1 aromatic carbocycles. The van der Waals surface area contributed by atoms with E-state index in [0.29, 0.717) is 0 Å². The number of hydrogen-bond acceptors (Lipinski definition) is 3. The molecule has 0 N–H and O–H groups in total. The van der Waals surface area contributed by atoms with Gasteiger partial charge in [-0.3, -0.25) is 4.79 Å². The number of carbonyl (C=O) groups excluding carboxylic acids is 1. The van der Waals surface area contributed by atoms with Crippen molar-refractivity contribution in [2.45, 2.75) is 52.1 Å². The van der Waals surface area contributed by atoms with Crippen molar-refractivity contribution in [1.29, 1.82) is 0 Å². The fourth-order valence-corrected chi connectivity index (χ4v) is 4.78. The molecular formula is C21H24O3. The van der Waals surface area contributed by atoms with Gasteiger partial charge in [-0.25, -0.2) is 0 Å². The Morgan fingerprint density at radius 1 is 1.29 bits per heavy atom. The van der Waals surface area contributed by atoms with Gasteiger partial charge in [-0.2, -0.15) is 0 Å². The predicted octanol–water partition coefficient (Wildman–Crippen LogP) is 4.46. The van der Waals surface area contributed by atoms with Crippen LogP contribution in [0.3, 0.4) is 0 Å². The van der Waals surface area contributed by atoms with Crippen LogP contribution in [-0.4, -0.2) is 19.2 Å². The minimum atomic E-state index is -0.165. The average molecular weight is 324 g/mol. The lowest BCUT2D eigenvalue weighted by molar-refractivity contribution is -0.152. The molecule has 0 saturated carbocycles. The highest BCUT2D eigenvalue weighted by Crippen LogP contribution is 2.55. The number of hydrogen-bond donors (Lipinski definition) is 0. The third-order valence-corrected chi connectivity index (χ3v) is 6.00. The quantitative estimate of drug-likeness (QED) is 0.754. The van der Waals surface area contributed by atoms with Gasteiger partial charge in [0.15, 0.2) is 0 Å². The van der Waals surface area contributed by atoms with Gasteiger partial charge in [0.1, 0.15) is 11.9 Å². The fraction of sp³-hybridized carbons (Fsp3) is 0.476. The van der Waals surface area contributed by atoms with Crippen LogP contribution in [0, 0.1) is 5.41 Å². The lowest BCUT2D eigenvalue weighted by Gasteiger charge is -2.45. The molecule has 4 rings (SSSR count). The normalized spacial score (nSPS) is 27.8. The number of benzene rings is 1. The van der Waals surface area contributed by atoms with Crippen molar-refractivity contribution in [2.75, 3.05) is 7.11 Å². The zero-order valence-electron chi connectivity index (χ0n) is 14.6. The van der Waals surface area contributed by atoms with E-state index in [1.165, 1.54) is 34.8 Å². The summed E-state index contributed by atoms with van der Waals surface area (Å²) in [5, 5.41) is 0. The highest BCUT2D eigenvalue weighted by Gasteiger charge is 2.47. The van der Waals surface area contributed by atoms with Crippen LogP contribution in [0.15, 0.2) is 35.4 Å². The summed E-state index contributed by atoms with van der Waals surface area (Å²) < 4.78 is 11.1. The molecule has 3 aliphatic carbocycles. The van der Waals surface area contributed by atoms with E-state index in [0.717, 1.165) is 37.9 Å². The molecule has 0 fully saturated rings. The van der Waals surface area contributed by atoms with Gasteiger partial charge < -0.3 is 9.47 Å². The van der Waals surface area contributed by atoms with Gasteiger partial charge in [0.05, 0.1) is 7.11 Å². The largest absolute Gasteiger partial charge is 0.497 e. The van der Waals surface area contributed by atoms with Crippen LogP contribution >= 0.6 is 0 Å². The molecule has 0 heterocycles. The maximum atomic E-state index is 11.5. The maximum absolute atomic E-state index is 11.5. The third-order valence-electron chi connectivity index (χ3n) is 6.00. The summed E-state index contributed by atoms with van der Waals surface area (Å²) in [5.74, 6) is 0.758. The topological polar surface area (TPSA) is 35.5 Å². The molecule has 1 aromatic rings. The molecule has 24 heavy (non-hydrogen) atoms. The standard InChI is InChI=1S/C21H24O3/c1-13(22)24-20-6-4-5-19-18-12-14-11-15(23-3)7-8-16(14)17(18)9-10-21(19,20)2/h5,7-8,11,20H,4,6,9-10,12H2,1-3H3/t20-,21-/m0/s1. The molecular weight excluding hydrogens is 300 g/mol. The molecule has 0 radical (unpaired) electrons. The van der Waals surface area contributed by atoms with Crippen molar-refractivity contribution in [3.8, 4) is 5.75 Å². The molecule has 2 atom stereocenters. The zero-order chi connectivity index (χ0) is 16.9. The summed E-state index contributed by atoms with van der Waals surface area (Å²) >= 11 is 0. The summed E-state index contributed by atoms with van der Waals surface area (Å²) in [6.45, 7) is 3.80. The number of ether oxygens (including phenoxy) is 2. The van der Waals surface area contributed by atoms with Gasteiger partial charge in [-0.05, 0) is 72.1 Å². The van der Waals surface area contributed by atoms with Crippen LogP contribution in [0.2, 0.25) is 0 Å². The first kappa shape index (κ1) is 15.5. The summed E-state index contributed by atoms with van der Waals surface area (Å²) in [5.41, 5.74) is 7.05. The molecule has 0 saturated heterocycles. The van der Waals surface area contributed by atoms with Crippen molar-refractivity contribution in [3.63, 3.8) is 0 Å². The summed E-state index contributed by atoms with van der Waals surface area (Å²) in [4.78, 5) is 11.5. The second kappa shape index (κ2) is 5.51. The maximum Gasteiger partial charge on any atom is 0.302 e. The number of allylic oxidation sites excluding steroid dienone is 3. The Kier molecular flexibility index (Phi) is 3.56. The molecule has 0 amide bonds. The van der Waals surface area contributed by atoms with Crippen LogP contribution in [0.25, 0.3) is 5.57 Å². The van der Waals surface area contributed by atoms with Crippen molar-refractivity contribution in [1.82, 2.24) is 0 Å². The summed E-state index contributed by atoms with van der Waals surface area (Å²) in [6, 6.07) is 6.42. The second-order valence-electron chi connectivity index (χ2n) is 7.37. The van der Waals surface area contributed by atoms with Crippen molar-refractivity contribution >= 4 is 11.5 Å². The van der Waals surface area contributed by atoms with Crippen LogP contribution in [0.5, 0.6) is 5.75 Å². The van der Waals surface area contributed by atoms with Crippen molar-refractivity contribution < 1.29 is 14.3 Å². The number of rotatable bonds is 2. The minimum Gasteiger partial charge on any atom is -0.497 e. The Morgan fingerprint density at radius 3 is 2.88 bits per heavy atom. The van der Waals surface area contributed by atoms with Crippen LogP contribution in [0.4, 0.5) is 0 Å². The Bertz CT molecular complexity index is 771. The Hall–Kier alpha value is -2.03. The molecule has 0 bridgehead atoms. The van der Waals surface area contributed by atoms with Gasteiger partial charge >= 0.3 is 5.97 Å². The van der Waals surface area contributed by atoms with Crippen LogP contribution < -0.4 is 4.74 Å². The number of carbonyl (C=O) groups is 1. The number of fused-ring (bicyclic) bond motifs is 4. The highest BCUT2D eigenvalue weighted by molar-refractivity contribution is 5.82. The Balaban J connectivity index is 1.73. The molecule has 0 unspecified atom stereocenters. The molecule has 0 spiro atoms. The summed E-state index contributed by atoms with van der Waals surface area (Å²) in [6.07, 6.45) is 7.37. The van der Waals surface area contributed by atoms with Gasteiger partial charge in [-0.15, -0.1) is 0 Å². The van der Waals surface area contributed by atoms with E-state index in [1.54, 1.807) is 7.11 Å². The lowest BCUT2D eigenvalue weighted by atomic mass is 9.62. The van der Waals surface area contributed by atoms with E-state index >= 15 is 0 Å². The lowest BCUT2D eigenvalue weighted by Crippen LogP contribution is -2.41. The molecule has 3 heteroatoms. The molecule has 0 aliphatic heterocycles. The van der Waals surface area contributed by atoms with Crippen LogP contribution in [-0.2, 0) is 16.0 Å². The van der Waals surface area contributed by atoms with Crippen molar-refractivity contribution in [3.05, 3.63) is 46.5 Å². The van der Waals surface area contributed by atoms with E-state index in [1.807, 2.05) is 0 Å².